The van der Waals surface area contributed by atoms with Crippen LogP contribution < -0.4 is 4.90 Å². The van der Waals surface area contributed by atoms with Crippen molar-refractivity contribution in [2.24, 2.45) is 18.4 Å². The number of rotatable bonds is 3. The molecule has 2 saturated heterocycles. The number of amides is 1. The van der Waals surface area contributed by atoms with Crippen LogP contribution in [0.3, 0.4) is 0 Å². The van der Waals surface area contributed by atoms with Crippen LogP contribution in [-0.2, 0) is 16.6 Å². The summed E-state index contributed by atoms with van der Waals surface area (Å²) in [6, 6.07) is -0.194. The SMILES string of the molecule is Cn1cc(N2CCCC(N3C[C@@H]4CCC[C@@]4(C(=O)O)C3)C2=O)cn1. The number of carbonyl (C=O) groups is 2. The van der Waals surface area contributed by atoms with Crippen molar-refractivity contribution in [2.45, 2.75) is 38.1 Å². The first-order valence-electron chi connectivity index (χ1n) is 8.79. The summed E-state index contributed by atoms with van der Waals surface area (Å²) in [6.07, 6.45) is 8.04. The molecular formula is C17H24N4O3. The minimum Gasteiger partial charge on any atom is -0.481 e. The van der Waals surface area contributed by atoms with Crippen molar-refractivity contribution in [1.29, 1.82) is 0 Å². The van der Waals surface area contributed by atoms with Gasteiger partial charge in [-0.15, -0.1) is 0 Å². The molecule has 2 aliphatic heterocycles. The van der Waals surface area contributed by atoms with Crippen molar-refractivity contribution in [2.75, 3.05) is 24.5 Å². The topological polar surface area (TPSA) is 78.7 Å². The van der Waals surface area contributed by atoms with Crippen molar-refractivity contribution in [1.82, 2.24) is 14.7 Å². The van der Waals surface area contributed by atoms with E-state index in [1.54, 1.807) is 10.9 Å². The summed E-state index contributed by atoms with van der Waals surface area (Å²) in [5.74, 6) is -0.397. The highest BCUT2D eigenvalue weighted by atomic mass is 16.4. The minimum atomic E-state index is -0.681. The molecule has 0 spiro atoms. The van der Waals surface area contributed by atoms with E-state index in [2.05, 4.69) is 10.00 Å². The number of anilines is 1. The van der Waals surface area contributed by atoms with Crippen LogP contribution in [0.15, 0.2) is 12.4 Å². The molecule has 1 amide bonds. The lowest BCUT2D eigenvalue weighted by molar-refractivity contribution is -0.149. The Morgan fingerprint density at radius 3 is 2.88 bits per heavy atom. The monoisotopic (exact) mass is 332 g/mol. The van der Waals surface area contributed by atoms with Gasteiger partial charge in [-0.25, -0.2) is 0 Å². The van der Waals surface area contributed by atoms with Gasteiger partial charge in [0.25, 0.3) is 0 Å². The zero-order valence-corrected chi connectivity index (χ0v) is 14.0. The van der Waals surface area contributed by atoms with Crippen molar-refractivity contribution in [3.8, 4) is 0 Å². The number of aliphatic carboxylic acids is 1. The minimum absolute atomic E-state index is 0.0924. The molecule has 1 aliphatic carbocycles. The number of aryl methyl sites for hydroxylation is 1. The second-order valence-electron chi connectivity index (χ2n) is 7.50. The van der Waals surface area contributed by atoms with Crippen LogP contribution in [-0.4, -0.2) is 57.3 Å². The smallest absolute Gasteiger partial charge is 0.311 e. The van der Waals surface area contributed by atoms with Gasteiger partial charge in [0.05, 0.1) is 23.3 Å². The molecule has 24 heavy (non-hydrogen) atoms. The fraction of sp³-hybridized carbons (Fsp3) is 0.706. The third kappa shape index (κ3) is 2.25. The number of nitrogens with zero attached hydrogens (tertiary/aromatic N) is 4. The van der Waals surface area contributed by atoms with Crippen LogP contribution in [0, 0.1) is 11.3 Å². The molecular weight excluding hydrogens is 308 g/mol. The van der Waals surface area contributed by atoms with Crippen molar-refractivity contribution in [3.63, 3.8) is 0 Å². The van der Waals surface area contributed by atoms with Crippen LogP contribution in [0.25, 0.3) is 0 Å². The number of hydrogen-bond donors (Lipinski definition) is 1. The number of carbonyl (C=O) groups excluding carboxylic acids is 1. The predicted octanol–water partition coefficient (Wildman–Crippen LogP) is 1.10. The lowest BCUT2D eigenvalue weighted by Gasteiger charge is -2.36. The van der Waals surface area contributed by atoms with Gasteiger partial charge in [0.1, 0.15) is 0 Å². The quantitative estimate of drug-likeness (QED) is 0.897. The Morgan fingerprint density at radius 2 is 2.21 bits per heavy atom. The lowest BCUT2D eigenvalue weighted by atomic mass is 9.81. The average molecular weight is 332 g/mol. The Kier molecular flexibility index (Phi) is 3.63. The molecule has 3 atom stereocenters. The second-order valence-corrected chi connectivity index (χ2v) is 7.50. The largest absolute Gasteiger partial charge is 0.481 e. The fourth-order valence-corrected chi connectivity index (χ4v) is 4.91. The third-order valence-corrected chi connectivity index (χ3v) is 6.18. The van der Waals surface area contributed by atoms with Crippen LogP contribution in [0.2, 0.25) is 0 Å². The van der Waals surface area contributed by atoms with E-state index in [1.165, 1.54) is 0 Å². The maximum absolute atomic E-state index is 13.0. The van der Waals surface area contributed by atoms with Gasteiger partial charge in [-0.2, -0.15) is 5.10 Å². The zero-order valence-electron chi connectivity index (χ0n) is 14.0. The van der Waals surface area contributed by atoms with Crippen molar-refractivity contribution < 1.29 is 14.7 Å². The molecule has 0 radical (unpaired) electrons. The summed E-state index contributed by atoms with van der Waals surface area (Å²) in [4.78, 5) is 28.8. The lowest BCUT2D eigenvalue weighted by Crippen LogP contribution is -2.52. The molecule has 1 N–H and O–H groups in total. The average Bonchev–Trinajstić information content (AvgIpc) is 3.21. The Balaban J connectivity index is 1.54. The van der Waals surface area contributed by atoms with Gasteiger partial charge in [-0.1, -0.05) is 6.42 Å². The van der Waals surface area contributed by atoms with Crippen LogP contribution >= 0.6 is 0 Å². The van der Waals surface area contributed by atoms with Crippen molar-refractivity contribution in [3.05, 3.63) is 12.4 Å². The third-order valence-electron chi connectivity index (χ3n) is 6.18. The molecule has 1 aromatic heterocycles. The van der Waals surface area contributed by atoms with E-state index in [0.717, 1.165) is 44.3 Å². The summed E-state index contributed by atoms with van der Waals surface area (Å²) in [7, 11) is 1.84. The molecule has 4 rings (SSSR count). The summed E-state index contributed by atoms with van der Waals surface area (Å²) in [5.41, 5.74) is 0.205. The normalized spacial score (nSPS) is 33.9. The van der Waals surface area contributed by atoms with E-state index >= 15 is 0 Å². The first kappa shape index (κ1) is 15.6. The number of hydrogen-bond acceptors (Lipinski definition) is 4. The molecule has 7 heteroatoms. The maximum atomic E-state index is 13.0. The maximum Gasteiger partial charge on any atom is 0.311 e. The summed E-state index contributed by atoms with van der Waals surface area (Å²) in [6.45, 7) is 1.97. The second kappa shape index (κ2) is 5.58. The van der Waals surface area contributed by atoms with Crippen LogP contribution in [0.5, 0.6) is 0 Å². The number of piperidine rings is 1. The van der Waals surface area contributed by atoms with Gasteiger partial charge in [-0.3, -0.25) is 19.2 Å². The highest BCUT2D eigenvalue weighted by Gasteiger charge is 2.56. The predicted molar refractivity (Wildman–Crippen MR) is 87.6 cm³/mol. The number of carboxylic acids is 1. The Hall–Kier alpha value is -1.89. The van der Waals surface area contributed by atoms with Crippen LogP contribution in [0.4, 0.5) is 5.69 Å². The first-order valence-corrected chi connectivity index (χ1v) is 8.79. The van der Waals surface area contributed by atoms with E-state index in [4.69, 9.17) is 0 Å². The molecule has 3 aliphatic rings. The van der Waals surface area contributed by atoms with Gasteiger partial charge < -0.3 is 10.0 Å². The highest BCUT2D eigenvalue weighted by Crippen LogP contribution is 2.49. The van der Waals surface area contributed by atoms with Gasteiger partial charge in [0.15, 0.2) is 0 Å². The summed E-state index contributed by atoms with van der Waals surface area (Å²) >= 11 is 0. The Bertz CT molecular complexity index is 673. The molecule has 7 nitrogen and oxygen atoms in total. The molecule has 0 bridgehead atoms. The fourth-order valence-electron chi connectivity index (χ4n) is 4.91. The molecule has 3 fully saturated rings. The molecule has 1 aromatic rings. The summed E-state index contributed by atoms with van der Waals surface area (Å²) in [5, 5.41) is 13.9. The van der Waals surface area contributed by atoms with E-state index in [9.17, 15) is 14.7 Å². The molecule has 1 saturated carbocycles. The molecule has 1 unspecified atom stereocenters. The van der Waals surface area contributed by atoms with Gasteiger partial charge in [-0.05, 0) is 31.6 Å². The Morgan fingerprint density at radius 1 is 1.38 bits per heavy atom. The zero-order chi connectivity index (χ0) is 16.9. The molecule has 0 aromatic carbocycles. The summed E-state index contributed by atoms with van der Waals surface area (Å²) < 4.78 is 1.70. The Labute approximate surface area is 141 Å². The molecule has 3 heterocycles. The van der Waals surface area contributed by atoms with Crippen LogP contribution in [0.1, 0.15) is 32.1 Å². The van der Waals surface area contributed by atoms with Gasteiger partial charge >= 0.3 is 5.97 Å². The van der Waals surface area contributed by atoms with Gasteiger partial charge in [0.2, 0.25) is 5.91 Å². The van der Waals surface area contributed by atoms with E-state index in [0.29, 0.717) is 13.1 Å². The van der Waals surface area contributed by atoms with E-state index in [-0.39, 0.29) is 17.9 Å². The standard InChI is InChI=1S/C17H24N4O3/c1-19-10-13(8-18-19)21-7-3-5-14(15(21)22)20-9-12-4-2-6-17(12,11-20)16(23)24/h8,10,12,14H,2-7,9,11H2,1H3,(H,23,24)/t12-,14?,17+/m0/s1. The number of carboxylic acid groups (broad SMARTS) is 1. The van der Waals surface area contributed by atoms with E-state index < -0.39 is 11.4 Å². The first-order chi connectivity index (χ1) is 11.5. The number of likely N-dealkylation sites (tertiary alicyclic amines) is 1. The van der Waals surface area contributed by atoms with Crippen molar-refractivity contribution >= 4 is 17.6 Å². The number of aromatic nitrogens is 2. The number of fused-ring (bicyclic) bond motifs is 1. The van der Waals surface area contributed by atoms with E-state index in [1.807, 2.05) is 18.1 Å². The highest BCUT2D eigenvalue weighted by molar-refractivity contribution is 5.97. The molecule has 130 valence electrons. The van der Waals surface area contributed by atoms with Gasteiger partial charge in [0, 0.05) is 32.9 Å².